The van der Waals surface area contributed by atoms with Crippen LogP contribution in [0.15, 0.2) is 28.7 Å². The van der Waals surface area contributed by atoms with Crippen molar-refractivity contribution in [3.63, 3.8) is 0 Å². The predicted molar refractivity (Wildman–Crippen MR) is 94.6 cm³/mol. The second-order valence-electron chi connectivity index (χ2n) is 6.25. The van der Waals surface area contributed by atoms with Crippen molar-refractivity contribution in [2.75, 3.05) is 5.75 Å². The Morgan fingerprint density at radius 1 is 1.30 bits per heavy atom. The standard InChI is InChI=1S/C19H23NO2S/c1-3-14-6-8-16(9-7-14)19-20-18(13(2)22-19)12-23-11-17(21)10-15-4-5-15/h6-9,15H,3-5,10-12H2,1-2H3. The number of carbonyl (C=O) groups is 1. The highest BCUT2D eigenvalue weighted by molar-refractivity contribution is 7.99. The molecule has 3 nitrogen and oxygen atoms in total. The fourth-order valence-corrected chi connectivity index (χ4v) is 3.44. The summed E-state index contributed by atoms with van der Waals surface area (Å²) in [7, 11) is 0. The van der Waals surface area contributed by atoms with E-state index >= 15 is 0 Å². The van der Waals surface area contributed by atoms with E-state index in [4.69, 9.17) is 4.42 Å². The highest BCUT2D eigenvalue weighted by Crippen LogP contribution is 2.33. The van der Waals surface area contributed by atoms with Gasteiger partial charge in [0, 0.05) is 17.7 Å². The Hall–Kier alpha value is -1.55. The second kappa shape index (κ2) is 7.35. The molecule has 0 spiro atoms. The lowest BCUT2D eigenvalue weighted by atomic mass is 10.1. The van der Waals surface area contributed by atoms with Crippen LogP contribution in [0, 0.1) is 12.8 Å². The predicted octanol–water partition coefficient (Wildman–Crippen LogP) is 4.81. The molecule has 0 bridgehead atoms. The van der Waals surface area contributed by atoms with Gasteiger partial charge < -0.3 is 4.42 Å². The quantitative estimate of drug-likeness (QED) is 0.697. The van der Waals surface area contributed by atoms with Gasteiger partial charge in [-0.2, -0.15) is 0 Å². The lowest BCUT2D eigenvalue weighted by Gasteiger charge is -1.99. The summed E-state index contributed by atoms with van der Waals surface area (Å²) < 4.78 is 5.80. The van der Waals surface area contributed by atoms with Gasteiger partial charge in [-0.15, -0.1) is 11.8 Å². The average molecular weight is 329 g/mol. The number of hydrogen-bond donors (Lipinski definition) is 0. The third-order valence-electron chi connectivity index (χ3n) is 4.22. The van der Waals surface area contributed by atoms with Crippen LogP contribution in [0.25, 0.3) is 11.5 Å². The normalized spacial score (nSPS) is 14.2. The zero-order valence-electron chi connectivity index (χ0n) is 13.8. The molecule has 0 unspecified atom stereocenters. The SMILES string of the molecule is CCc1ccc(-c2nc(CSCC(=O)CC3CC3)c(C)o2)cc1. The summed E-state index contributed by atoms with van der Waals surface area (Å²) in [4.78, 5) is 16.4. The monoisotopic (exact) mass is 329 g/mol. The summed E-state index contributed by atoms with van der Waals surface area (Å²) in [6.07, 6.45) is 4.26. The van der Waals surface area contributed by atoms with Crippen LogP contribution in [0.4, 0.5) is 0 Å². The van der Waals surface area contributed by atoms with Crippen LogP contribution in [0.2, 0.25) is 0 Å². The van der Waals surface area contributed by atoms with Crippen LogP contribution in [0.1, 0.15) is 43.2 Å². The highest BCUT2D eigenvalue weighted by atomic mass is 32.2. The number of nitrogens with zero attached hydrogens (tertiary/aromatic N) is 1. The lowest BCUT2D eigenvalue weighted by molar-refractivity contribution is -0.116. The first-order valence-electron chi connectivity index (χ1n) is 8.30. The number of carbonyl (C=O) groups excluding carboxylic acids is 1. The van der Waals surface area contributed by atoms with Crippen molar-refractivity contribution in [3.05, 3.63) is 41.3 Å². The van der Waals surface area contributed by atoms with Crippen molar-refractivity contribution in [2.24, 2.45) is 5.92 Å². The Morgan fingerprint density at radius 3 is 2.70 bits per heavy atom. The van der Waals surface area contributed by atoms with Gasteiger partial charge in [-0.1, -0.05) is 19.1 Å². The minimum atomic E-state index is 0.369. The molecule has 1 aliphatic carbocycles. The van der Waals surface area contributed by atoms with Crippen molar-refractivity contribution in [2.45, 2.75) is 45.3 Å². The molecule has 3 rings (SSSR count). The summed E-state index contributed by atoms with van der Waals surface area (Å²) in [5.41, 5.74) is 3.26. The van der Waals surface area contributed by atoms with Crippen molar-refractivity contribution >= 4 is 17.5 Å². The fourth-order valence-electron chi connectivity index (χ4n) is 2.53. The van der Waals surface area contributed by atoms with E-state index in [2.05, 4.69) is 36.2 Å². The number of hydrogen-bond acceptors (Lipinski definition) is 4. The number of rotatable bonds is 8. The van der Waals surface area contributed by atoms with Crippen LogP contribution in [0.5, 0.6) is 0 Å². The van der Waals surface area contributed by atoms with Gasteiger partial charge in [-0.05, 0) is 49.8 Å². The van der Waals surface area contributed by atoms with Crippen molar-refractivity contribution < 1.29 is 9.21 Å². The van der Waals surface area contributed by atoms with E-state index in [0.29, 0.717) is 23.3 Å². The van der Waals surface area contributed by atoms with Crippen molar-refractivity contribution in [3.8, 4) is 11.5 Å². The zero-order valence-corrected chi connectivity index (χ0v) is 14.6. The van der Waals surface area contributed by atoms with Gasteiger partial charge >= 0.3 is 0 Å². The minimum absolute atomic E-state index is 0.369. The molecule has 1 fully saturated rings. The van der Waals surface area contributed by atoms with Crippen LogP contribution in [-0.2, 0) is 17.0 Å². The average Bonchev–Trinajstić information content (AvgIpc) is 3.29. The molecule has 0 aliphatic heterocycles. The van der Waals surface area contributed by atoms with Crippen LogP contribution < -0.4 is 0 Å². The molecule has 4 heteroatoms. The van der Waals surface area contributed by atoms with Crippen LogP contribution in [-0.4, -0.2) is 16.5 Å². The van der Waals surface area contributed by atoms with E-state index in [1.807, 2.05) is 6.92 Å². The molecule has 1 aliphatic rings. The lowest BCUT2D eigenvalue weighted by Crippen LogP contribution is -2.02. The van der Waals surface area contributed by atoms with Gasteiger partial charge in [0.15, 0.2) is 0 Å². The Kier molecular flexibility index (Phi) is 5.21. The molecule has 0 radical (unpaired) electrons. The maximum absolute atomic E-state index is 11.8. The Balaban J connectivity index is 1.57. The van der Waals surface area contributed by atoms with E-state index in [0.717, 1.165) is 35.6 Å². The van der Waals surface area contributed by atoms with E-state index in [1.54, 1.807) is 11.8 Å². The number of aromatic nitrogens is 1. The molecular formula is C19H23NO2S. The maximum atomic E-state index is 11.8. The first-order valence-corrected chi connectivity index (χ1v) is 9.46. The van der Waals surface area contributed by atoms with Gasteiger partial charge in [0.2, 0.25) is 5.89 Å². The number of benzene rings is 1. The Morgan fingerprint density at radius 2 is 2.04 bits per heavy atom. The van der Waals surface area contributed by atoms with Gasteiger partial charge in [0.05, 0.1) is 11.4 Å². The molecule has 122 valence electrons. The van der Waals surface area contributed by atoms with E-state index < -0.39 is 0 Å². The number of thioether (sulfide) groups is 1. The molecule has 1 aromatic heterocycles. The van der Waals surface area contributed by atoms with Gasteiger partial charge in [0.25, 0.3) is 0 Å². The number of aryl methyl sites for hydroxylation is 2. The maximum Gasteiger partial charge on any atom is 0.226 e. The zero-order chi connectivity index (χ0) is 16.2. The third-order valence-corrected chi connectivity index (χ3v) is 5.22. The van der Waals surface area contributed by atoms with Crippen LogP contribution >= 0.6 is 11.8 Å². The third kappa shape index (κ3) is 4.47. The summed E-state index contributed by atoms with van der Waals surface area (Å²) in [5, 5.41) is 0. The molecule has 1 aromatic carbocycles. The summed E-state index contributed by atoms with van der Waals surface area (Å²) in [6.45, 7) is 4.09. The first-order chi connectivity index (χ1) is 11.2. The topological polar surface area (TPSA) is 43.1 Å². The van der Waals surface area contributed by atoms with Crippen molar-refractivity contribution in [1.82, 2.24) is 4.98 Å². The van der Waals surface area contributed by atoms with E-state index in [-0.39, 0.29) is 0 Å². The Bertz CT molecular complexity index is 671. The minimum Gasteiger partial charge on any atom is -0.441 e. The highest BCUT2D eigenvalue weighted by Gasteiger charge is 2.24. The van der Waals surface area contributed by atoms with E-state index in [1.165, 1.54) is 18.4 Å². The molecule has 0 amide bonds. The largest absolute Gasteiger partial charge is 0.441 e. The van der Waals surface area contributed by atoms with Crippen LogP contribution in [0.3, 0.4) is 0 Å². The fraction of sp³-hybridized carbons (Fsp3) is 0.474. The summed E-state index contributed by atoms with van der Waals surface area (Å²) in [5.74, 6) is 3.89. The molecule has 1 saturated carbocycles. The van der Waals surface area contributed by atoms with Gasteiger partial charge in [-0.25, -0.2) is 4.98 Å². The molecular weight excluding hydrogens is 306 g/mol. The van der Waals surface area contributed by atoms with Crippen molar-refractivity contribution in [1.29, 1.82) is 0 Å². The molecule has 23 heavy (non-hydrogen) atoms. The molecule has 0 atom stereocenters. The van der Waals surface area contributed by atoms with E-state index in [9.17, 15) is 4.79 Å². The number of Topliss-reactive ketones (excluding diaryl/α,β-unsaturated/α-hetero) is 1. The number of ketones is 1. The molecule has 2 aromatic rings. The molecule has 0 saturated heterocycles. The van der Waals surface area contributed by atoms with Gasteiger partial charge in [0.1, 0.15) is 11.5 Å². The second-order valence-corrected chi connectivity index (χ2v) is 7.24. The number of oxazole rings is 1. The molecule has 1 heterocycles. The molecule has 0 N–H and O–H groups in total. The van der Waals surface area contributed by atoms with Gasteiger partial charge in [-0.3, -0.25) is 4.79 Å². The summed E-state index contributed by atoms with van der Waals surface area (Å²) >= 11 is 1.64. The first kappa shape index (κ1) is 16.3. The smallest absolute Gasteiger partial charge is 0.226 e. The Labute approximate surface area is 141 Å². The summed E-state index contributed by atoms with van der Waals surface area (Å²) in [6, 6.07) is 8.33.